The number of nitrogens with one attached hydrogen (secondary N) is 1. The van der Waals surface area contributed by atoms with Gasteiger partial charge in [0.2, 0.25) is 5.43 Å². The zero-order valence-corrected chi connectivity index (χ0v) is 16.3. The fraction of sp³-hybridized carbons (Fsp3) is 0.524. The number of fused-ring (bicyclic) bond motifs is 2. The molecule has 2 saturated carbocycles. The van der Waals surface area contributed by atoms with E-state index in [1.165, 1.54) is 10.8 Å². The lowest BCUT2D eigenvalue weighted by atomic mass is 9.60. The normalized spacial score (nSPS) is 28.5. The van der Waals surface area contributed by atoms with Gasteiger partial charge in [-0.15, -0.1) is 0 Å². The number of carbonyl (C=O) groups is 1. The van der Waals surface area contributed by atoms with Crippen LogP contribution in [-0.2, 0) is 0 Å². The topological polar surface area (TPSA) is 74.6 Å². The minimum atomic E-state index is -1.39. The molecule has 0 amide bonds. The maximum atomic E-state index is 15.7. The first-order valence-electron chi connectivity index (χ1n) is 9.97. The van der Waals surface area contributed by atoms with E-state index in [-0.39, 0.29) is 28.0 Å². The SMILES string of the molecule is CNC1CC2(C)CN(c3c(F)cc4c(=O)c(C(=O)O)cn(C5CC5)c4c3F)CC12. The predicted molar refractivity (Wildman–Crippen MR) is 105 cm³/mol. The van der Waals surface area contributed by atoms with Crippen LogP contribution in [0.4, 0.5) is 14.5 Å². The Morgan fingerprint density at radius 2 is 2.07 bits per heavy atom. The van der Waals surface area contributed by atoms with Gasteiger partial charge in [0.25, 0.3) is 0 Å². The standard InChI is InChI=1S/C21H23F2N3O3/c1-21-6-15(24-2)13(21)8-25(9-21)18-14(22)5-11-17(16(18)23)26(10-3-4-10)7-12(19(11)27)20(28)29/h5,7,10,13,15,24H,3-4,6,8-9H2,1-2H3,(H,28,29). The second-order valence-electron chi connectivity index (χ2n) is 8.97. The van der Waals surface area contributed by atoms with Crippen LogP contribution in [0.25, 0.3) is 10.9 Å². The van der Waals surface area contributed by atoms with Crippen LogP contribution in [-0.4, -0.2) is 41.8 Å². The highest BCUT2D eigenvalue weighted by Gasteiger charge is 2.56. The average Bonchev–Trinajstić information content (AvgIpc) is 3.45. The fourth-order valence-corrected chi connectivity index (χ4v) is 5.38. The van der Waals surface area contributed by atoms with E-state index >= 15 is 8.78 Å². The average molecular weight is 403 g/mol. The molecule has 1 aliphatic heterocycles. The van der Waals surface area contributed by atoms with Gasteiger partial charge in [-0.3, -0.25) is 4.79 Å². The number of nitrogens with zero attached hydrogens (tertiary/aromatic N) is 2. The first-order chi connectivity index (χ1) is 13.7. The van der Waals surface area contributed by atoms with Gasteiger partial charge in [0.1, 0.15) is 17.1 Å². The van der Waals surface area contributed by atoms with E-state index in [4.69, 9.17) is 0 Å². The summed E-state index contributed by atoms with van der Waals surface area (Å²) in [5.74, 6) is -2.67. The van der Waals surface area contributed by atoms with Crippen LogP contribution in [0.1, 0.15) is 42.6 Å². The third-order valence-electron chi connectivity index (χ3n) is 7.08. The first kappa shape index (κ1) is 18.5. The van der Waals surface area contributed by atoms with Crippen molar-refractivity contribution in [3.8, 4) is 0 Å². The van der Waals surface area contributed by atoms with Crippen molar-refractivity contribution in [1.82, 2.24) is 9.88 Å². The van der Waals surface area contributed by atoms with Gasteiger partial charge in [0.15, 0.2) is 5.82 Å². The third-order valence-corrected chi connectivity index (χ3v) is 7.08. The minimum absolute atomic E-state index is 0.00480. The second kappa shape index (κ2) is 6.01. The number of benzene rings is 1. The number of aromatic nitrogens is 1. The highest BCUT2D eigenvalue weighted by Crippen LogP contribution is 2.53. The van der Waals surface area contributed by atoms with Gasteiger partial charge < -0.3 is 19.9 Å². The summed E-state index contributed by atoms with van der Waals surface area (Å²) in [6.45, 7) is 3.24. The Balaban J connectivity index is 1.69. The molecule has 154 valence electrons. The van der Waals surface area contributed by atoms with Crippen LogP contribution in [0.2, 0.25) is 0 Å². The lowest BCUT2D eigenvalue weighted by Crippen LogP contribution is -2.54. The zero-order chi connectivity index (χ0) is 20.7. The quantitative estimate of drug-likeness (QED) is 0.821. The highest BCUT2D eigenvalue weighted by molar-refractivity contribution is 5.94. The number of aromatic carboxylic acids is 1. The van der Waals surface area contributed by atoms with Crippen LogP contribution in [0.15, 0.2) is 17.1 Å². The number of hydrogen-bond acceptors (Lipinski definition) is 4. The van der Waals surface area contributed by atoms with Crippen LogP contribution >= 0.6 is 0 Å². The molecule has 3 aliphatic rings. The van der Waals surface area contributed by atoms with E-state index in [1.807, 2.05) is 7.05 Å². The summed E-state index contributed by atoms with van der Waals surface area (Å²) in [6, 6.07) is 1.28. The fourth-order valence-electron chi connectivity index (χ4n) is 5.38. The molecule has 6 nitrogen and oxygen atoms in total. The van der Waals surface area contributed by atoms with Gasteiger partial charge in [-0.2, -0.15) is 0 Å². The molecule has 0 bridgehead atoms. The van der Waals surface area contributed by atoms with Gasteiger partial charge in [0.05, 0.1) is 10.9 Å². The molecular weight excluding hydrogens is 380 g/mol. The smallest absolute Gasteiger partial charge is 0.341 e. The first-order valence-corrected chi connectivity index (χ1v) is 9.97. The number of pyridine rings is 1. The van der Waals surface area contributed by atoms with E-state index in [1.54, 1.807) is 4.90 Å². The molecule has 2 N–H and O–H groups in total. The minimum Gasteiger partial charge on any atom is -0.477 e. The molecule has 1 aromatic carbocycles. The number of anilines is 1. The van der Waals surface area contributed by atoms with Crippen LogP contribution in [0.3, 0.4) is 0 Å². The van der Waals surface area contributed by atoms with Crippen molar-refractivity contribution in [2.75, 3.05) is 25.0 Å². The Hall–Kier alpha value is -2.48. The van der Waals surface area contributed by atoms with E-state index in [9.17, 15) is 14.7 Å². The summed E-state index contributed by atoms with van der Waals surface area (Å²) in [7, 11) is 1.90. The van der Waals surface area contributed by atoms with Crippen molar-refractivity contribution in [1.29, 1.82) is 0 Å². The second-order valence-corrected chi connectivity index (χ2v) is 8.97. The van der Waals surface area contributed by atoms with E-state index in [0.29, 0.717) is 25.0 Å². The van der Waals surface area contributed by atoms with Crippen molar-refractivity contribution >= 4 is 22.6 Å². The summed E-state index contributed by atoms with van der Waals surface area (Å²) in [5.41, 5.74) is -1.41. The van der Waals surface area contributed by atoms with Crippen molar-refractivity contribution in [3.05, 3.63) is 39.7 Å². The van der Waals surface area contributed by atoms with Gasteiger partial charge in [-0.25, -0.2) is 13.6 Å². The Morgan fingerprint density at radius 3 is 2.69 bits per heavy atom. The van der Waals surface area contributed by atoms with Gasteiger partial charge >= 0.3 is 5.97 Å². The molecule has 3 unspecified atom stereocenters. The van der Waals surface area contributed by atoms with Crippen LogP contribution < -0.4 is 15.6 Å². The maximum absolute atomic E-state index is 15.7. The van der Waals surface area contributed by atoms with Crippen LogP contribution in [0, 0.1) is 23.0 Å². The van der Waals surface area contributed by atoms with Gasteiger partial charge in [-0.05, 0) is 43.7 Å². The molecule has 5 rings (SSSR count). The van der Waals surface area contributed by atoms with E-state index in [0.717, 1.165) is 25.3 Å². The lowest BCUT2D eigenvalue weighted by molar-refractivity contribution is 0.0577. The molecule has 2 heterocycles. The largest absolute Gasteiger partial charge is 0.477 e. The lowest BCUT2D eigenvalue weighted by Gasteiger charge is -2.48. The van der Waals surface area contributed by atoms with Crippen molar-refractivity contribution in [3.63, 3.8) is 0 Å². The zero-order valence-electron chi connectivity index (χ0n) is 16.3. The van der Waals surface area contributed by atoms with E-state index in [2.05, 4.69) is 12.2 Å². The molecule has 1 saturated heterocycles. The molecule has 8 heteroatoms. The summed E-state index contributed by atoms with van der Waals surface area (Å²) in [4.78, 5) is 25.8. The van der Waals surface area contributed by atoms with Crippen LogP contribution in [0.5, 0.6) is 0 Å². The van der Waals surface area contributed by atoms with Gasteiger partial charge in [-0.1, -0.05) is 6.92 Å². The molecule has 0 spiro atoms. The Labute approximate surface area is 166 Å². The Kier molecular flexibility index (Phi) is 3.84. The third kappa shape index (κ3) is 2.54. The van der Waals surface area contributed by atoms with Crippen molar-refractivity contribution in [2.45, 2.75) is 38.3 Å². The number of carboxylic acid groups (broad SMARTS) is 1. The summed E-state index contributed by atoms with van der Waals surface area (Å²) in [5, 5.41) is 12.4. The van der Waals surface area contributed by atoms with Gasteiger partial charge in [0, 0.05) is 31.4 Å². The molecule has 0 radical (unpaired) electrons. The molecular formula is C21H23F2N3O3. The highest BCUT2D eigenvalue weighted by atomic mass is 19.1. The molecule has 2 aromatic rings. The van der Waals surface area contributed by atoms with E-state index < -0.39 is 28.6 Å². The predicted octanol–water partition coefficient (Wildman–Crippen LogP) is 2.75. The van der Waals surface area contributed by atoms with Crippen molar-refractivity contribution in [2.24, 2.45) is 11.3 Å². The monoisotopic (exact) mass is 403 g/mol. The molecule has 3 atom stereocenters. The molecule has 3 fully saturated rings. The molecule has 2 aliphatic carbocycles. The number of hydrogen-bond donors (Lipinski definition) is 2. The Bertz CT molecular complexity index is 1110. The summed E-state index contributed by atoms with van der Waals surface area (Å²) in [6.07, 6.45) is 3.71. The number of halogens is 2. The Morgan fingerprint density at radius 1 is 1.34 bits per heavy atom. The molecule has 29 heavy (non-hydrogen) atoms. The maximum Gasteiger partial charge on any atom is 0.341 e. The molecule has 1 aromatic heterocycles. The number of rotatable bonds is 4. The van der Waals surface area contributed by atoms with Crippen molar-refractivity contribution < 1.29 is 18.7 Å². The summed E-state index contributed by atoms with van der Waals surface area (Å²) >= 11 is 0. The summed E-state index contributed by atoms with van der Waals surface area (Å²) < 4.78 is 32.3. The number of carboxylic acids is 1.